The molecule has 22 heavy (non-hydrogen) atoms. The number of fused-ring (bicyclic) bond motifs is 4. The molecule has 1 aliphatic heterocycles. The Hall–Kier alpha value is -0.700. The van der Waals surface area contributed by atoms with Crippen LogP contribution >= 0.6 is 0 Å². The molecule has 1 saturated heterocycles. The summed E-state index contributed by atoms with van der Waals surface area (Å²) in [6.45, 7) is 2.76. The normalized spacial score (nSPS) is 53.3. The number of ketones is 1. The lowest BCUT2D eigenvalue weighted by atomic mass is 9.52. The molecule has 3 heteroatoms. The highest BCUT2D eigenvalue weighted by Gasteiger charge is 2.60. The Kier molecular flexibility index (Phi) is 2.63. The van der Waals surface area contributed by atoms with Gasteiger partial charge >= 0.3 is 0 Å². The Bertz CT molecular complexity index is 582. The molecule has 2 nitrogen and oxygen atoms in total. The third kappa shape index (κ3) is 1.47. The van der Waals surface area contributed by atoms with E-state index in [4.69, 9.17) is 4.74 Å². The zero-order chi connectivity index (χ0) is 15.1. The van der Waals surface area contributed by atoms with Gasteiger partial charge in [0.15, 0.2) is 0 Å². The van der Waals surface area contributed by atoms with E-state index < -0.39 is 6.17 Å². The maximum atomic E-state index is 15.3. The number of ether oxygens (including phenoxy) is 1. The van der Waals surface area contributed by atoms with Gasteiger partial charge in [-0.2, -0.15) is 0 Å². The molecule has 120 valence electrons. The van der Waals surface area contributed by atoms with Crippen molar-refractivity contribution in [2.75, 3.05) is 6.61 Å². The summed E-state index contributed by atoms with van der Waals surface area (Å²) in [4.78, 5) is 12.4. The van der Waals surface area contributed by atoms with E-state index in [1.165, 1.54) is 5.57 Å². The van der Waals surface area contributed by atoms with E-state index >= 15 is 4.39 Å². The van der Waals surface area contributed by atoms with Gasteiger partial charge in [0.05, 0.1) is 12.7 Å². The number of rotatable bonds is 0. The van der Waals surface area contributed by atoms with Crippen molar-refractivity contribution in [2.24, 2.45) is 22.7 Å². The molecule has 0 N–H and O–H groups in total. The summed E-state index contributed by atoms with van der Waals surface area (Å²) in [7, 11) is 0. The van der Waals surface area contributed by atoms with Crippen LogP contribution in [0.15, 0.2) is 11.1 Å². The number of carbonyl (C=O) groups excluding carboxylic acids is 1. The number of hydrogen-bond acceptors (Lipinski definition) is 2. The van der Waals surface area contributed by atoms with Crippen molar-refractivity contribution < 1.29 is 13.9 Å². The van der Waals surface area contributed by atoms with Gasteiger partial charge in [0.25, 0.3) is 0 Å². The van der Waals surface area contributed by atoms with E-state index in [-0.39, 0.29) is 10.8 Å². The average Bonchev–Trinajstić information content (AvgIpc) is 3.00. The molecule has 0 aromatic heterocycles. The van der Waals surface area contributed by atoms with Crippen molar-refractivity contribution in [1.29, 1.82) is 0 Å². The molecule has 3 saturated carbocycles. The Balaban J connectivity index is 1.61. The van der Waals surface area contributed by atoms with Crippen LogP contribution in [0.25, 0.3) is 0 Å². The van der Waals surface area contributed by atoms with E-state index in [0.29, 0.717) is 43.2 Å². The van der Waals surface area contributed by atoms with Gasteiger partial charge in [-0.05, 0) is 56.8 Å². The molecule has 2 bridgehead atoms. The zero-order valence-electron chi connectivity index (χ0n) is 13.4. The van der Waals surface area contributed by atoms with E-state index in [1.807, 2.05) is 0 Å². The van der Waals surface area contributed by atoms with Crippen LogP contribution in [0, 0.1) is 22.7 Å². The van der Waals surface area contributed by atoms with Gasteiger partial charge in [0.1, 0.15) is 12.0 Å². The standard InChI is InChI=1S/C19H25FO2/c1-18-7-6-12-13(14(18)4-5-17(18)21)8-16(20)19-9-11(22-10-19)2-3-15(12)19/h11,13-14,16H,2-10H2,1H3/t11-,13?,14?,16?,18-,19-/m0/s1. The van der Waals surface area contributed by atoms with E-state index in [9.17, 15) is 4.79 Å². The second-order valence-electron chi connectivity index (χ2n) is 8.63. The fourth-order valence-electron chi connectivity index (χ4n) is 6.65. The van der Waals surface area contributed by atoms with E-state index in [1.54, 1.807) is 5.57 Å². The van der Waals surface area contributed by atoms with Crippen molar-refractivity contribution in [1.82, 2.24) is 0 Å². The fraction of sp³-hybridized carbons (Fsp3) is 0.842. The van der Waals surface area contributed by atoms with Crippen LogP contribution in [0.3, 0.4) is 0 Å². The summed E-state index contributed by atoms with van der Waals surface area (Å²) in [6.07, 6.45) is 6.89. The van der Waals surface area contributed by atoms with Crippen LogP contribution in [0.2, 0.25) is 0 Å². The number of carbonyl (C=O) groups is 1. The number of halogens is 1. The van der Waals surface area contributed by atoms with Gasteiger partial charge in [-0.25, -0.2) is 4.39 Å². The Morgan fingerprint density at radius 3 is 2.95 bits per heavy atom. The molecular weight excluding hydrogens is 279 g/mol. The summed E-state index contributed by atoms with van der Waals surface area (Å²) < 4.78 is 21.1. The lowest BCUT2D eigenvalue weighted by Gasteiger charge is -2.51. The largest absolute Gasteiger partial charge is 0.377 e. The van der Waals surface area contributed by atoms with Gasteiger partial charge in [0, 0.05) is 17.3 Å². The number of Topliss-reactive ketones (excluding diaryl/α,β-unsaturated/α-hetero) is 1. The summed E-state index contributed by atoms with van der Waals surface area (Å²) in [5.74, 6) is 1.16. The SMILES string of the molecule is C[C@]12CCC3=C4CC[C@H]5C[C@@]4(CO5)C(F)CC3C1CCC2=O. The molecule has 0 aromatic carbocycles. The maximum Gasteiger partial charge on any atom is 0.139 e. The quantitative estimate of drug-likeness (QED) is 0.633. The molecule has 4 fully saturated rings. The zero-order valence-corrected chi connectivity index (χ0v) is 13.4. The van der Waals surface area contributed by atoms with E-state index in [2.05, 4.69) is 6.92 Å². The molecule has 3 unspecified atom stereocenters. The summed E-state index contributed by atoms with van der Waals surface area (Å²) in [5.41, 5.74) is 2.52. The average molecular weight is 304 g/mol. The van der Waals surface area contributed by atoms with Crippen LogP contribution < -0.4 is 0 Å². The Labute approximate surface area is 131 Å². The molecule has 5 rings (SSSR count). The van der Waals surface area contributed by atoms with Gasteiger partial charge < -0.3 is 4.74 Å². The minimum Gasteiger partial charge on any atom is -0.377 e. The van der Waals surface area contributed by atoms with E-state index in [0.717, 1.165) is 38.5 Å². The van der Waals surface area contributed by atoms with Crippen LogP contribution in [0.4, 0.5) is 4.39 Å². The van der Waals surface area contributed by atoms with Gasteiger partial charge in [-0.15, -0.1) is 0 Å². The predicted octanol–water partition coefficient (Wildman–Crippen LogP) is 3.99. The van der Waals surface area contributed by atoms with Crippen molar-refractivity contribution in [3.8, 4) is 0 Å². The Morgan fingerprint density at radius 1 is 1.23 bits per heavy atom. The number of allylic oxidation sites excluding steroid dienone is 1. The second kappa shape index (κ2) is 4.23. The van der Waals surface area contributed by atoms with Gasteiger partial charge in [-0.1, -0.05) is 18.1 Å². The van der Waals surface area contributed by atoms with Crippen LogP contribution in [0.5, 0.6) is 0 Å². The highest BCUT2D eigenvalue weighted by molar-refractivity contribution is 5.87. The molecule has 0 aromatic rings. The minimum absolute atomic E-state index is 0.164. The molecule has 6 atom stereocenters. The molecule has 4 aliphatic carbocycles. The highest BCUT2D eigenvalue weighted by atomic mass is 19.1. The molecule has 5 aliphatic rings. The Morgan fingerprint density at radius 2 is 2.09 bits per heavy atom. The van der Waals surface area contributed by atoms with Crippen LogP contribution in [0.1, 0.15) is 58.3 Å². The third-order valence-corrected chi connectivity index (χ3v) is 7.92. The second-order valence-corrected chi connectivity index (χ2v) is 8.63. The lowest BCUT2D eigenvalue weighted by Crippen LogP contribution is -2.48. The lowest BCUT2D eigenvalue weighted by molar-refractivity contribution is -0.128. The molecule has 1 heterocycles. The first-order valence-corrected chi connectivity index (χ1v) is 9.06. The first-order chi connectivity index (χ1) is 10.5. The van der Waals surface area contributed by atoms with Crippen molar-refractivity contribution >= 4 is 5.78 Å². The fourth-order valence-corrected chi connectivity index (χ4v) is 6.65. The smallest absolute Gasteiger partial charge is 0.139 e. The maximum absolute atomic E-state index is 15.3. The van der Waals surface area contributed by atoms with Gasteiger partial charge in [-0.3, -0.25) is 4.79 Å². The summed E-state index contributed by atoms with van der Waals surface area (Å²) >= 11 is 0. The van der Waals surface area contributed by atoms with Crippen molar-refractivity contribution in [3.05, 3.63) is 11.1 Å². The van der Waals surface area contributed by atoms with Gasteiger partial charge in [0.2, 0.25) is 0 Å². The number of hydrogen-bond donors (Lipinski definition) is 0. The molecular formula is C19H25FO2. The first-order valence-electron chi connectivity index (χ1n) is 9.06. The third-order valence-electron chi connectivity index (χ3n) is 7.92. The van der Waals surface area contributed by atoms with Crippen LogP contribution in [-0.4, -0.2) is 24.7 Å². The molecule has 0 amide bonds. The number of alkyl halides is 1. The predicted molar refractivity (Wildman–Crippen MR) is 81.1 cm³/mol. The monoisotopic (exact) mass is 304 g/mol. The first kappa shape index (κ1) is 13.7. The highest BCUT2D eigenvalue weighted by Crippen LogP contribution is 2.64. The van der Waals surface area contributed by atoms with Crippen LogP contribution in [-0.2, 0) is 9.53 Å². The topological polar surface area (TPSA) is 26.3 Å². The molecule has 1 spiro atoms. The summed E-state index contributed by atoms with van der Waals surface area (Å²) in [5, 5.41) is 0. The molecule has 0 radical (unpaired) electrons. The van der Waals surface area contributed by atoms with Crippen molar-refractivity contribution in [3.63, 3.8) is 0 Å². The minimum atomic E-state index is -0.764. The summed E-state index contributed by atoms with van der Waals surface area (Å²) in [6, 6.07) is 0. The van der Waals surface area contributed by atoms with Crippen molar-refractivity contribution in [2.45, 2.75) is 70.6 Å².